The average molecular weight is 570 g/mol. The second-order valence-electron chi connectivity index (χ2n) is 10.3. The van der Waals surface area contributed by atoms with Crippen molar-refractivity contribution in [1.29, 1.82) is 0 Å². The van der Waals surface area contributed by atoms with E-state index in [1.807, 2.05) is 36.4 Å². The Labute approximate surface area is 246 Å². The van der Waals surface area contributed by atoms with Crippen molar-refractivity contribution in [1.82, 2.24) is 14.9 Å². The Morgan fingerprint density at radius 3 is 2.44 bits per heavy atom. The van der Waals surface area contributed by atoms with Gasteiger partial charge in [-0.2, -0.15) is 0 Å². The number of pyridine rings is 1. The van der Waals surface area contributed by atoms with Gasteiger partial charge in [-0.25, -0.2) is 0 Å². The average Bonchev–Trinajstić information content (AvgIpc) is 3.44. The highest BCUT2D eigenvalue weighted by molar-refractivity contribution is 7.80. The van der Waals surface area contributed by atoms with E-state index in [0.29, 0.717) is 16.5 Å². The number of rotatable bonds is 8. The summed E-state index contributed by atoms with van der Waals surface area (Å²) < 4.78 is 12.9. The molecule has 1 aliphatic rings. The van der Waals surface area contributed by atoms with Crippen LogP contribution in [-0.4, -0.2) is 41.4 Å². The van der Waals surface area contributed by atoms with Crippen LogP contribution in [0.4, 0.5) is 11.4 Å². The second-order valence-corrected chi connectivity index (χ2v) is 10.7. The highest BCUT2D eigenvalue weighted by Gasteiger charge is 2.42. The first kappa shape index (κ1) is 28.3. The number of aryl methyl sites for hydroxylation is 3. The smallest absolute Gasteiger partial charge is 0.250 e. The molecule has 0 spiro atoms. The molecule has 41 heavy (non-hydrogen) atoms. The van der Waals surface area contributed by atoms with Gasteiger partial charge in [-0.1, -0.05) is 24.3 Å². The zero-order valence-electron chi connectivity index (χ0n) is 24.2. The quantitative estimate of drug-likeness (QED) is 0.257. The molecule has 4 aromatic rings. The maximum Gasteiger partial charge on any atom is 0.250 e. The minimum atomic E-state index is -0.273. The molecule has 0 radical (unpaired) electrons. The van der Waals surface area contributed by atoms with Gasteiger partial charge in [0.2, 0.25) is 5.91 Å². The van der Waals surface area contributed by atoms with Gasteiger partial charge in [0, 0.05) is 30.4 Å². The lowest BCUT2D eigenvalue weighted by atomic mass is 9.96. The molecule has 0 unspecified atom stereocenters. The van der Waals surface area contributed by atoms with Crippen LogP contribution in [0.1, 0.15) is 45.9 Å². The van der Waals surface area contributed by atoms with E-state index in [1.54, 1.807) is 13.3 Å². The Balaban J connectivity index is 1.67. The monoisotopic (exact) mass is 569 g/mol. The number of para-hydroxylation sites is 1. The Bertz CT molecular complexity index is 1580. The van der Waals surface area contributed by atoms with Gasteiger partial charge in [0.15, 0.2) is 5.11 Å². The molecule has 2 aromatic carbocycles. The Morgan fingerprint density at radius 2 is 1.78 bits per heavy atom. The van der Waals surface area contributed by atoms with Gasteiger partial charge < -0.3 is 29.6 Å². The number of aromatic nitrogens is 2. The summed E-state index contributed by atoms with van der Waals surface area (Å²) in [7, 11) is 3.06. The maximum absolute atomic E-state index is 12.4. The minimum absolute atomic E-state index is 0.0637. The summed E-state index contributed by atoms with van der Waals surface area (Å²) in [6, 6.07) is 19.8. The highest BCUT2D eigenvalue weighted by Crippen LogP contribution is 2.45. The van der Waals surface area contributed by atoms with E-state index in [9.17, 15) is 4.79 Å². The molecule has 2 aromatic heterocycles. The highest BCUT2D eigenvalue weighted by atomic mass is 32.1. The lowest BCUT2D eigenvalue weighted by molar-refractivity contribution is -0.119. The fourth-order valence-electron chi connectivity index (χ4n) is 5.80. The Hall–Kier alpha value is -4.21. The van der Waals surface area contributed by atoms with Crippen molar-refractivity contribution < 1.29 is 14.3 Å². The van der Waals surface area contributed by atoms with Crippen LogP contribution in [0.15, 0.2) is 66.9 Å². The van der Waals surface area contributed by atoms with Gasteiger partial charge in [0.05, 0.1) is 36.3 Å². The van der Waals surface area contributed by atoms with Gasteiger partial charge in [-0.15, -0.1) is 0 Å². The number of benzene rings is 2. The summed E-state index contributed by atoms with van der Waals surface area (Å²) in [5.74, 6) is 0.271. The van der Waals surface area contributed by atoms with Gasteiger partial charge in [-0.3, -0.25) is 9.78 Å². The number of thiocarbonyl (C=S) groups is 1. The van der Waals surface area contributed by atoms with Crippen molar-refractivity contribution in [3.63, 3.8) is 0 Å². The summed E-state index contributed by atoms with van der Waals surface area (Å²) in [5, 5.41) is 7.01. The van der Waals surface area contributed by atoms with Crippen molar-refractivity contribution in [2.45, 2.75) is 39.8 Å². The van der Waals surface area contributed by atoms with E-state index in [2.05, 4.69) is 72.1 Å². The molecule has 1 aliphatic heterocycles. The fraction of sp³-hybridized carbons (Fsp3) is 0.281. The van der Waals surface area contributed by atoms with E-state index in [0.717, 1.165) is 28.3 Å². The number of hydrogen-bond acceptors (Lipinski definition) is 5. The number of amides is 1. The number of carbonyl (C=O) groups excluding carboxylic acids is 1. The molecular formula is C32H35N5O3S. The topological polar surface area (TPSA) is 80.7 Å². The summed E-state index contributed by atoms with van der Waals surface area (Å²) in [5.41, 5.74) is 9.25. The van der Waals surface area contributed by atoms with Crippen LogP contribution >= 0.6 is 12.2 Å². The number of hydrogen-bond donors (Lipinski definition) is 2. The van der Waals surface area contributed by atoms with Crippen LogP contribution in [0.3, 0.4) is 0 Å². The first-order chi connectivity index (χ1) is 19.7. The predicted molar refractivity (Wildman–Crippen MR) is 166 cm³/mol. The molecule has 0 bridgehead atoms. The number of carbonyl (C=O) groups is 1. The number of methoxy groups -OCH3 is 2. The van der Waals surface area contributed by atoms with E-state index < -0.39 is 0 Å². The van der Waals surface area contributed by atoms with E-state index >= 15 is 0 Å². The molecule has 1 saturated heterocycles. The van der Waals surface area contributed by atoms with Crippen molar-refractivity contribution >= 4 is 34.6 Å². The van der Waals surface area contributed by atoms with Crippen LogP contribution in [0, 0.1) is 27.7 Å². The van der Waals surface area contributed by atoms with Crippen LogP contribution in [0.25, 0.3) is 5.69 Å². The molecule has 2 N–H and O–H groups in total. The molecule has 212 valence electrons. The third-order valence-electron chi connectivity index (χ3n) is 7.56. The number of nitrogens with zero attached hydrogens (tertiary/aromatic N) is 3. The first-order valence-corrected chi connectivity index (χ1v) is 13.9. The number of nitrogens with one attached hydrogen (secondary N) is 2. The number of anilines is 2. The van der Waals surface area contributed by atoms with Crippen molar-refractivity contribution in [2.75, 3.05) is 31.0 Å². The minimum Gasteiger partial charge on any atom is -0.495 e. The van der Waals surface area contributed by atoms with Gasteiger partial charge in [-0.05, 0) is 93.0 Å². The zero-order valence-corrected chi connectivity index (χ0v) is 25.0. The molecule has 0 saturated carbocycles. The lowest BCUT2D eigenvalue weighted by Crippen LogP contribution is -2.29. The molecule has 1 fully saturated rings. The SMILES string of the molecule is COCC(=O)Nc1cc(N2C(=S)N[C@@H](c3ccccn3)[C@@H]2c2cc(C)n(-c3c(C)cccc3C)c2C)ccc1OC. The van der Waals surface area contributed by atoms with E-state index in [4.69, 9.17) is 26.7 Å². The van der Waals surface area contributed by atoms with E-state index in [-0.39, 0.29) is 24.6 Å². The fourth-order valence-corrected chi connectivity index (χ4v) is 6.15. The van der Waals surface area contributed by atoms with Crippen LogP contribution in [0.5, 0.6) is 5.75 Å². The van der Waals surface area contributed by atoms with Crippen LogP contribution in [-0.2, 0) is 9.53 Å². The Morgan fingerprint density at radius 1 is 1.02 bits per heavy atom. The third-order valence-corrected chi connectivity index (χ3v) is 7.88. The van der Waals surface area contributed by atoms with Crippen molar-refractivity contribution in [2.24, 2.45) is 0 Å². The van der Waals surface area contributed by atoms with Crippen molar-refractivity contribution in [3.05, 3.63) is 101 Å². The normalized spacial score (nSPS) is 16.5. The molecular weight excluding hydrogens is 534 g/mol. The molecule has 8 nitrogen and oxygen atoms in total. The zero-order chi connectivity index (χ0) is 29.3. The van der Waals surface area contributed by atoms with Gasteiger partial charge >= 0.3 is 0 Å². The summed E-state index contributed by atoms with van der Waals surface area (Å²) in [4.78, 5) is 19.2. The summed E-state index contributed by atoms with van der Waals surface area (Å²) >= 11 is 5.97. The Kier molecular flexibility index (Phi) is 8.10. The van der Waals surface area contributed by atoms with Crippen LogP contribution < -0.4 is 20.3 Å². The molecule has 1 amide bonds. The molecule has 0 aliphatic carbocycles. The molecule has 3 heterocycles. The van der Waals surface area contributed by atoms with Crippen LogP contribution in [0.2, 0.25) is 0 Å². The standard InChI is InChI=1S/C32H35N5O3S/c1-19-10-9-11-20(2)30(19)36-21(3)16-24(22(36)4)31-29(25-12-7-8-15-33-25)35-32(41)37(31)23-13-14-27(40-6)26(17-23)34-28(38)18-39-5/h7-17,29,31H,18H2,1-6H3,(H,34,38)(H,35,41)/t29-,31-/m0/s1. The van der Waals surface area contributed by atoms with Crippen molar-refractivity contribution in [3.8, 4) is 11.4 Å². The molecule has 5 rings (SSSR count). The first-order valence-electron chi connectivity index (χ1n) is 13.5. The number of ether oxygens (including phenoxy) is 2. The summed E-state index contributed by atoms with van der Waals surface area (Å²) in [6.45, 7) is 8.53. The lowest BCUT2D eigenvalue weighted by Gasteiger charge is -2.29. The second kappa shape index (κ2) is 11.7. The molecule has 9 heteroatoms. The molecule has 2 atom stereocenters. The maximum atomic E-state index is 12.4. The summed E-state index contributed by atoms with van der Waals surface area (Å²) in [6.07, 6.45) is 1.80. The third kappa shape index (κ3) is 5.30. The largest absolute Gasteiger partial charge is 0.495 e. The van der Waals surface area contributed by atoms with Gasteiger partial charge in [0.1, 0.15) is 12.4 Å². The predicted octanol–water partition coefficient (Wildman–Crippen LogP) is 5.88. The van der Waals surface area contributed by atoms with Gasteiger partial charge in [0.25, 0.3) is 0 Å². The van der Waals surface area contributed by atoms with E-state index in [1.165, 1.54) is 23.9 Å².